The Labute approximate surface area is 164 Å². The summed E-state index contributed by atoms with van der Waals surface area (Å²) in [4.78, 5) is 14.5. The van der Waals surface area contributed by atoms with E-state index >= 15 is 0 Å². The summed E-state index contributed by atoms with van der Waals surface area (Å²) in [5.41, 5.74) is 3.12. The van der Waals surface area contributed by atoms with Gasteiger partial charge in [-0.25, -0.2) is 4.79 Å². The molecule has 2 rings (SSSR count). The van der Waals surface area contributed by atoms with Crippen molar-refractivity contribution < 1.29 is 9.53 Å². The van der Waals surface area contributed by atoms with Gasteiger partial charge in [0.1, 0.15) is 6.61 Å². The number of rotatable bonds is 8. The third kappa shape index (κ3) is 5.33. The van der Waals surface area contributed by atoms with Gasteiger partial charge in [0.2, 0.25) is 0 Å². The quantitative estimate of drug-likeness (QED) is 0.482. The maximum atomic E-state index is 12.8. The van der Waals surface area contributed by atoms with Crippen molar-refractivity contribution in [2.45, 2.75) is 26.0 Å². The topological polar surface area (TPSA) is 29.5 Å². The van der Waals surface area contributed by atoms with E-state index in [4.69, 9.17) is 4.74 Å². The average Bonchev–Trinajstić information content (AvgIpc) is 2.65. The Kier molecular flexibility index (Phi) is 7.67. The van der Waals surface area contributed by atoms with Crippen molar-refractivity contribution in [1.82, 2.24) is 4.90 Å². The molecule has 0 aliphatic heterocycles. The number of carbonyl (C=O) groups is 1. The molecule has 2 aromatic carbocycles. The Hall–Kier alpha value is -2.33. The van der Waals surface area contributed by atoms with Gasteiger partial charge in [-0.2, -0.15) is 0 Å². The van der Waals surface area contributed by atoms with Gasteiger partial charge in [0.15, 0.2) is 0 Å². The van der Waals surface area contributed by atoms with E-state index in [1.807, 2.05) is 55.5 Å². The van der Waals surface area contributed by atoms with Crippen LogP contribution in [0.1, 0.15) is 29.2 Å². The lowest BCUT2D eigenvalue weighted by Crippen LogP contribution is -2.35. The zero-order valence-electron chi connectivity index (χ0n) is 15.0. The van der Waals surface area contributed by atoms with Crippen molar-refractivity contribution in [3.63, 3.8) is 0 Å². The number of nitrogens with zero attached hydrogens (tertiary/aromatic N) is 1. The van der Waals surface area contributed by atoms with E-state index in [1.165, 1.54) is 0 Å². The normalized spacial score (nSPS) is 11.5. The zero-order valence-corrected chi connectivity index (χ0v) is 16.6. The van der Waals surface area contributed by atoms with Gasteiger partial charge in [-0.1, -0.05) is 76.1 Å². The maximum Gasteiger partial charge on any atom is 0.410 e. The molecule has 26 heavy (non-hydrogen) atoms. The highest BCUT2D eigenvalue weighted by Gasteiger charge is 2.26. The van der Waals surface area contributed by atoms with Gasteiger partial charge >= 0.3 is 6.09 Å². The SMILES string of the molecule is C=CCC(c1cc(C)ccc1Br)N(CC=C)C(=O)OCc1ccccc1. The monoisotopic (exact) mass is 413 g/mol. The maximum absolute atomic E-state index is 12.8. The molecule has 0 radical (unpaired) electrons. The van der Waals surface area contributed by atoms with E-state index in [9.17, 15) is 4.79 Å². The third-order valence-corrected chi connectivity index (χ3v) is 4.76. The smallest absolute Gasteiger partial charge is 0.410 e. The molecule has 0 fully saturated rings. The lowest BCUT2D eigenvalue weighted by Gasteiger charge is -2.31. The molecule has 3 nitrogen and oxygen atoms in total. The summed E-state index contributed by atoms with van der Waals surface area (Å²) in [7, 11) is 0. The zero-order chi connectivity index (χ0) is 18.9. The van der Waals surface area contributed by atoms with Crippen LogP contribution in [-0.4, -0.2) is 17.5 Å². The molecule has 0 heterocycles. The number of benzene rings is 2. The van der Waals surface area contributed by atoms with Crippen molar-refractivity contribution in [3.8, 4) is 0 Å². The minimum atomic E-state index is -0.367. The lowest BCUT2D eigenvalue weighted by atomic mass is 10.00. The highest BCUT2D eigenvalue weighted by Crippen LogP contribution is 2.32. The van der Waals surface area contributed by atoms with Crippen LogP contribution in [0, 0.1) is 6.92 Å². The summed E-state index contributed by atoms with van der Waals surface area (Å²) in [6, 6.07) is 15.6. The number of aryl methyl sites for hydroxylation is 1. The van der Waals surface area contributed by atoms with Crippen LogP contribution in [0.15, 0.2) is 78.3 Å². The molecule has 1 unspecified atom stereocenters. The van der Waals surface area contributed by atoms with E-state index in [0.29, 0.717) is 13.0 Å². The van der Waals surface area contributed by atoms with Crippen molar-refractivity contribution >= 4 is 22.0 Å². The molecule has 136 valence electrons. The van der Waals surface area contributed by atoms with Crippen molar-refractivity contribution in [2.24, 2.45) is 0 Å². The van der Waals surface area contributed by atoms with Gasteiger partial charge in [-0.15, -0.1) is 13.2 Å². The Balaban J connectivity index is 2.25. The summed E-state index contributed by atoms with van der Waals surface area (Å²) in [5, 5.41) is 0. The highest BCUT2D eigenvalue weighted by atomic mass is 79.9. The van der Waals surface area contributed by atoms with Crippen LogP contribution in [-0.2, 0) is 11.3 Å². The second-order valence-corrected chi connectivity index (χ2v) is 6.90. The van der Waals surface area contributed by atoms with Crippen molar-refractivity contribution in [3.05, 3.63) is 95.0 Å². The number of hydrogen-bond donors (Lipinski definition) is 0. The Bertz CT molecular complexity index is 758. The summed E-state index contributed by atoms with van der Waals surface area (Å²) in [6.45, 7) is 10.3. The highest BCUT2D eigenvalue weighted by molar-refractivity contribution is 9.10. The Morgan fingerprint density at radius 3 is 2.58 bits per heavy atom. The van der Waals surface area contributed by atoms with Crippen LogP contribution in [0.25, 0.3) is 0 Å². The number of halogens is 1. The molecule has 0 aliphatic carbocycles. The van der Waals surface area contributed by atoms with Crippen LogP contribution in [0.5, 0.6) is 0 Å². The molecule has 0 aromatic heterocycles. The van der Waals surface area contributed by atoms with E-state index < -0.39 is 0 Å². The predicted molar refractivity (Wildman–Crippen MR) is 110 cm³/mol. The number of hydrogen-bond acceptors (Lipinski definition) is 2. The third-order valence-electron chi connectivity index (χ3n) is 4.04. The fraction of sp³-hybridized carbons (Fsp3) is 0.227. The fourth-order valence-electron chi connectivity index (χ4n) is 2.77. The summed E-state index contributed by atoms with van der Waals surface area (Å²) in [5.74, 6) is 0. The van der Waals surface area contributed by atoms with Crippen LogP contribution < -0.4 is 0 Å². The largest absolute Gasteiger partial charge is 0.445 e. The van der Waals surface area contributed by atoms with Gasteiger partial charge in [0, 0.05) is 11.0 Å². The van der Waals surface area contributed by atoms with Crippen LogP contribution in [0.2, 0.25) is 0 Å². The predicted octanol–water partition coefficient (Wildman–Crippen LogP) is 6.20. The molecule has 0 spiro atoms. The van der Waals surface area contributed by atoms with Gasteiger partial charge in [-0.3, -0.25) is 4.90 Å². The summed E-state index contributed by atoms with van der Waals surface area (Å²) < 4.78 is 6.51. The number of carbonyl (C=O) groups excluding carboxylic acids is 1. The first-order chi connectivity index (χ1) is 12.6. The molecule has 0 saturated carbocycles. The minimum Gasteiger partial charge on any atom is -0.445 e. The second kappa shape index (κ2) is 9.97. The number of ether oxygens (including phenoxy) is 1. The van der Waals surface area contributed by atoms with E-state index in [-0.39, 0.29) is 18.7 Å². The molecule has 4 heteroatoms. The van der Waals surface area contributed by atoms with Gasteiger partial charge in [-0.05, 0) is 30.5 Å². The van der Waals surface area contributed by atoms with E-state index in [1.54, 1.807) is 11.0 Å². The van der Waals surface area contributed by atoms with Gasteiger partial charge in [0.05, 0.1) is 6.04 Å². The minimum absolute atomic E-state index is 0.178. The first kappa shape index (κ1) is 20.0. The van der Waals surface area contributed by atoms with E-state index in [0.717, 1.165) is 21.2 Å². The molecule has 2 aromatic rings. The Morgan fingerprint density at radius 1 is 1.19 bits per heavy atom. The van der Waals surface area contributed by atoms with Gasteiger partial charge < -0.3 is 4.74 Å². The standard InChI is InChI=1S/C22H24BrNO2/c1-4-9-21(19-15-17(3)12-13-20(19)23)24(14-5-2)22(25)26-16-18-10-7-6-8-11-18/h4-8,10-13,15,21H,1-2,9,14,16H2,3H3. The van der Waals surface area contributed by atoms with E-state index in [2.05, 4.69) is 35.2 Å². The molecule has 1 atom stereocenters. The molecule has 1 amide bonds. The lowest BCUT2D eigenvalue weighted by molar-refractivity contribution is 0.0851. The van der Waals surface area contributed by atoms with Crippen molar-refractivity contribution in [1.29, 1.82) is 0 Å². The summed E-state index contributed by atoms with van der Waals surface area (Å²) >= 11 is 3.61. The number of amides is 1. The molecule has 0 aliphatic rings. The average molecular weight is 414 g/mol. The fourth-order valence-corrected chi connectivity index (χ4v) is 3.28. The first-order valence-electron chi connectivity index (χ1n) is 8.52. The molecule has 0 bridgehead atoms. The second-order valence-electron chi connectivity index (χ2n) is 6.05. The Morgan fingerprint density at radius 2 is 1.92 bits per heavy atom. The van der Waals surface area contributed by atoms with Gasteiger partial charge in [0.25, 0.3) is 0 Å². The molecular formula is C22H24BrNO2. The van der Waals surface area contributed by atoms with Crippen molar-refractivity contribution in [2.75, 3.05) is 6.54 Å². The van der Waals surface area contributed by atoms with Crippen LogP contribution in [0.3, 0.4) is 0 Å². The summed E-state index contributed by atoms with van der Waals surface area (Å²) in [6.07, 6.45) is 3.79. The molecular weight excluding hydrogens is 390 g/mol. The first-order valence-corrected chi connectivity index (χ1v) is 9.31. The molecule has 0 N–H and O–H groups in total. The molecule has 0 saturated heterocycles. The van der Waals surface area contributed by atoms with Crippen LogP contribution in [0.4, 0.5) is 4.79 Å². The van der Waals surface area contributed by atoms with Crippen LogP contribution >= 0.6 is 15.9 Å².